The minimum atomic E-state index is -0.00286. The van der Waals surface area contributed by atoms with E-state index in [1.165, 1.54) is 0 Å². The zero-order chi connectivity index (χ0) is 16.2. The van der Waals surface area contributed by atoms with Gasteiger partial charge in [-0.3, -0.25) is 9.69 Å². The molecule has 0 unspecified atom stereocenters. The largest absolute Gasteiger partial charge is 0.338 e. The van der Waals surface area contributed by atoms with Crippen LogP contribution in [0.25, 0.3) is 0 Å². The Bertz CT molecular complexity index is 652. The van der Waals surface area contributed by atoms with E-state index >= 15 is 0 Å². The molecule has 1 aromatic carbocycles. The highest BCUT2D eigenvalue weighted by Gasteiger charge is 2.34. The number of aromatic nitrogens is 2. The summed E-state index contributed by atoms with van der Waals surface area (Å²) in [4.78, 5) is 20.8. The van der Waals surface area contributed by atoms with Gasteiger partial charge in [-0.1, -0.05) is 37.2 Å². The Kier molecular flexibility index (Phi) is 4.71. The first-order valence-electron chi connectivity index (χ1n) is 8.11. The van der Waals surface area contributed by atoms with Crippen molar-refractivity contribution in [3.05, 3.63) is 42.0 Å². The molecule has 1 aromatic heterocycles. The van der Waals surface area contributed by atoms with Gasteiger partial charge in [-0.05, 0) is 25.2 Å². The lowest BCUT2D eigenvalue weighted by molar-refractivity contribution is -0.117. The molecular formula is C17H22N4O2. The van der Waals surface area contributed by atoms with Crippen LogP contribution in [0.4, 0.5) is 5.69 Å². The highest BCUT2D eigenvalue weighted by molar-refractivity contribution is 5.96. The lowest BCUT2D eigenvalue weighted by atomic mass is 10.1. The number of carbonyl (C=O) groups is 1. The zero-order valence-corrected chi connectivity index (χ0v) is 13.6. The van der Waals surface area contributed by atoms with E-state index < -0.39 is 0 Å². The highest BCUT2D eigenvalue weighted by atomic mass is 16.5. The number of amides is 1. The molecule has 1 aliphatic rings. The van der Waals surface area contributed by atoms with Gasteiger partial charge in [0.25, 0.3) is 0 Å². The van der Waals surface area contributed by atoms with Crippen LogP contribution in [0.5, 0.6) is 0 Å². The van der Waals surface area contributed by atoms with Gasteiger partial charge in [0, 0.05) is 24.6 Å². The van der Waals surface area contributed by atoms with Gasteiger partial charge in [0.1, 0.15) is 0 Å². The van der Waals surface area contributed by atoms with Crippen LogP contribution in [0, 0.1) is 0 Å². The van der Waals surface area contributed by atoms with Gasteiger partial charge in [0.2, 0.25) is 11.8 Å². The molecule has 0 saturated carbocycles. The number of benzene rings is 1. The maximum Gasteiger partial charge on any atom is 0.240 e. The molecule has 0 aliphatic carbocycles. The van der Waals surface area contributed by atoms with Gasteiger partial charge in [-0.15, -0.1) is 0 Å². The molecule has 6 heteroatoms. The molecule has 1 amide bonds. The first-order valence-corrected chi connectivity index (χ1v) is 8.11. The second kappa shape index (κ2) is 6.91. The summed E-state index contributed by atoms with van der Waals surface area (Å²) in [5.41, 5.74) is 0.923. The first kappa shape index (κ1) is 15.7. The Hall–Kier alpha value is -2.21. The van der Waals surface area contributed by atoms with Gasteiger partial charge in [-0.2, -0.15) is 4.98 Å². The summed E-state index contributed by atoms with van der Waals surface area (Å²) in [7, 11) is 0. The van der Waals surface area contributed by atoms with Gasteiger partial charge in [0.05, 0.1) is 6.54 Å². The van der Waals surface area contributed by atoms with Crippen LogP contribution in [0.3, 0.4) is 0 Å². The van der Waals surface area contributed by atoms with Crippen LogP contribution in [-0.4, -0.2) is 40.6 Å². The van der Waals surface area contributed by atoms with E-state index in [0.29, 0.717) is 31.2 Å². The molecule has 0 radical (unpaired) electrons. The molecule has 2 heterocycles. The molecule has 6 nitrogen and oxygen atoms in total. The third-order valence-electron chi connectivity index (χ3n) is 4.30. The van der Waals surface area contributed by atoms with Gasteiger partial charge < -0.3 is 9.42 Å². The average molecular weight is 314 g/mol. The molecule has 23 heavy (non-hydrogen) atoms. The van der Waals surface area contributed by atoms with Crippen molar-refractivity contribution in [2.24, 2.45) is 0 Å². The molecule has 1 atom stereocenters. The van der Waals surface area contributed by atoms with Crippen molar-refractivity contribution in [2.75, 3.05) is 24.5 Å². The summed E-state index contributed by atoms with van der Waals surface area (Å²) in [6.07, 6.45) is 0.430. The highest BCUT2D eigenvalue weighted by Crippen LogP contribution is 2.30. The van der Waals surface area contributed by atoms with Crippen molar-refractivity contribution in [3.63, 3.8) is 0 Å². The van der Waals surface area contributed by atoms with E-state index in [0.717, 1.165) is 18.8 Å². The summed E-state index contributed by atoms with van der Waals surface area (Å²) in [6.45, 7) is 7.36. The molecular weight excluding hydrogens is 292 g/mol. The standard InChI is InChI=1S/C17H22N4O2/c1-3-20(4-2)12-15-18-17(19-23-15)13-10-16(22)21(11-13)14-8-6-5-7-9-14/h5-9,13H,3-4,10-12H2,1-2H3/t13-/m0/s1. The van der Waals surface area contributed by atoms with Gasteiger partial charge >= 0.3 is 0 Å². The number of anilines is 1. The normalized spacial score (nSPS) is 18.1. The van der Waals surface area contributed by atoms with E-state index in [1.54, 1.807) is 4.90 Å². The summed E-state index contributed by atoms with van der Waals surface area (Å²) in [6, 6.07) is 9.71. The fourth-order valence-electron chi connectivity index (χ4n) is 2.87. The Morgan fingerprint density at radius 2 is 2.00 bits per heavy atom. The second-order valence-electron chi connectivity index (χ2n) is 5.75. The number of hydrogen-bond donors (Lipinski definition) is 0. The lowest BCUT2D eigenvalue weighted by Crippen LogP contribution is -2.24. The van der Waals surface area contributed by atoms with Crippen LogP contribution in [-0.2, 0) is 11.3 Å². The van der Waals surface area contributed by atoms with Crippen LogP contribution >= 0.6 is 0 Å². The predicted molar refractivity (Wildman–Crippen MR) is 87.1 cm³/mol. The summed E-state index contributed by atoms with van der Waals surface area (Å²) < 4.78 is 5.35. The number of para-hydroxylation sites is 1. The molecule has 1 aliphatic heterocycles. The van der Waals surface area contributed by atoms with Crippen LogP contribution in [0.15, 0.2) is 34.9 Å². The molecule has 122 valence electrons. The molecule has 1 fully saturated rings. The Morgan fingerprint density at radius 3 is 2.70 bits per heavy atom. The third-order valence-corrected chi connectivity index (χ3v) is 4.30. The summed E-state index contributed by atoms with van der Waals surface area (Å²) >= 11 is 0. The predicted octanol–water partition coefficient (Wildman–Crippen LogP) is 2.43. The van der Waals surface area contributed by atoms with E-state index in [-0.39, 0.29) is 11.8 Å². The van der Waals surface area contributed by atoms with Crippen molar-refractivity contribution >= 4 is 11.6 Å². The molecule has 1 saturated heterocycles. The Balaban J connectivity index is 1.69. The third kappa shape index (κ3) is 3.42. The minimum Gasteiger partial charge on any atom is -0.338 e. The van der Waals surface area contributed by atoms with Gasteiger partial charge in [-0.25, -0.2) is 0 Å². The molecule has 0 bridgehead atoms. The quantitative estimate of drug-likeness (QED) is 0.819. The Labute approximate surface area is 136 Å². The second-order valence-corrected chi connectivity index (χ2v) is 5.75. The molecule has 3 rings (SSSR count). The molecule has 0 N–H and O–H groups in total. The fraction of sp³-hybridized carbons (Fsp3) is 0.471. The fourth-order valence-corrected chi connectivity index (χ4v) is 2.87. The maximum absolute atomic E-state index is 12.3. The average Bonchev–Trinajstić information content (AvgIpc) is 3.20. The monoisotopic (exact) mass is 314 g/mol. The van der Waals surface area contributed by atoms with Crippen molar-refractivity contribution in [1.82, 2.24) is 15.0 Å². The van der Waals surface area contributed by atoms with Crippen molar-refractivity contribution < 1.29 is 9.32 Å². The maximum atomic E-state index is 12.3. The van der Waals surface area contributed by atoms with Crippen molar-refractivity contribution in [3.8, 4) is 0 Å². The van der Waals surface area contributed by atoms with Gasteiger partial charge in [0.15, 0.2) is 5.82 Å². The smallest absolute Gasteiger partial charge is 0.240 e. The van der Waals surface area contributed by atoms with E-state index in [9.17, 15) is 4.79 Å². The number of carbonyl (C=O) groups excluding carboxylic acids is 1. The SMILES string of the molecule is CCN(CC)Cc1nc([C@H]2CC(=O)N(c3ccccc3)C2)no1. The van der Waals surface area contributed by atoms with E-state index in [4.69, 9.17) is 4.52 Å². The summed E-state index contributed by atoms with van der Waals surface area (Å²) in [5, 5.41) is 4.09. The van der Waals surface area contributed by atoms with Crippen LogP contribution < -0.4 is 4.90 Å². The number of hydrogen-bond acceptors (Lipinski definition) is 5. The molecule has 2 aromatic rings. The van der Waals surface area contributed by atoms with Crippen molar-refractivity contribution in [1.29, 1.82) is 0 Å². The van der Waals surface area contributed by atoms with E-state index in [1.807, 2.05) is 30.3 Å². The van der Waals surface area contributed by atoms with E-state index in [2.05, 4.69) is 28.9 Å². The number of nitrogens with zero attached hydrogens (tertiary/aromatic N) is 4. The Morgan fingerprint density at radius 1 is 1.26 bits per heavy atom. The lowest BCUT2D eigenvalue weighted by Gasteiger charge is -2.15. The van der Waals surface area contributed by atoms with Crippen LogP contribution in [0.2, 0.25) is 0 Å². The summed E-state index contributed by atoms with van der Waals surface area (Å²) in [5.74, 6) is 1.36. The zero-order valence-electron chi connectivity index (χ0n) is 13.6. The van der Waals surface area contributed by atoms with Crippen molar-refractivity contribution in [2.45, 2.75) is 32.7 Å². The number of rotatable bonds is 6. The topological polar surface area (TPSA) is 62.5 Å². The molecule has 0 spiro atoms. The first-order chi connectivity index (χ1) is 11.2. The van der Waals surface area contributed by atoms with Crippen LogP contribution in [0.1, 0.15) is 37.9 Å². The minimum absolute atomic E-state index is 0.00286.